The molecular weight excluding hydrogens is 247 g/mol. The van der Waals surface area contributed by atoms with Crippen molar-refractivity contribution in [3.05, 3.63) is 35.1 Å². The third-order valence-electron chi connectivity index (χ3n) is 2.87. The molecule has 1 saturated carbocycles. The van der Waals surface area contributed by atoms with E-state index in [9.17, 15) is 23.1 Å². The summed E-state index contributed by atoms with van der Waals surface area (Å²) < 4.78 is 39.2. The molecule has 0 aromatic heterocycles. The van der Waals surface area contributed by atoms with Crippen LogP contribution in [-0.2, 0) is 0 Å². The van der Waals surface area contributed by atoms with Crippen molar-refractivity contribution < 1.29 is 23.1 Å². The van der Waals surface area contributed by atoms with Gasteiger partial charge in [0.05, 0.1) is 6.10 Å². The Morgan fingerprint density at radius 1 is 1.33 bits per heavy atom. The fraction of sp³-hybridized carbons (Fsp3) is 0.417. The largest absolute Gasteiger partial charge is 0.391 e. The molecule has 3 nitrogen and oxygen atoms in total. The molecule has 0 heterocycles. The molecule has 6 heteroatoms. The third-order valence-corrected chi connectivity index (χ3v) is 2.87. The van der Waals surface area contributed by atoms with Gasteiger partial charge in [-0.05, 0) is 18.8 Å². The molecule has 1 atom stereocenters. The normalized spacial score (nSPS) is 16.4. The van der Waals surface area contributed by atoms with Crippen molar-refractivity contribution in [2.45, 2.75) is 18.9 Å². The Labute approximate surface area is 102 Å². The summed E-state index contributed by atoms with van der Waals surface area (Å²) in [4.78, 5) is 11.5. The first kappa shape index (κ1) is 12.9. The van der Waals surface area contributed by atoms with Crippen molar-refractivity contribution in [2.75, 3.05) is 6.54 Å². The number of amides is 1. The summed E-state index contributed by atoms with van der Waals surface area (Å²) in [7, 11) is 0. The van der Waals surface area contributed by atoms with Gasteiger partial charge in [0, 0.05) is 18.7 Å². The van der Waals surface area contributed by atoms with E-state index in [2.05, 4.69) is 5.32 Å². The van der Waals surface area contributed by atoms with Crippen LogP contribution in [0, 0.1) is 23.4 Å². The van der Waals surface area contributed by atoms with Crippen LogP contribution in [-0.4, -0.2) is 23.7 Å². The monoisotopic (exact) mass is 259 g/mol. The average Bonchev–Trinajstić information content (AvgIpc) is 3.07. The maximum absolute atomic E-state index is 13.3. The number of hydrogen-bond donors (Lipinski definition) is 2. The van der Waals surface area contributed by atoms with E-state index in [4.69, 9.17) is 0 Å². The number of rotatable bonds is 4. The first-order chi connectivity index (χ1) is 8.49. The highest BCUT2D eigenvalue weighted by Crippen LogP contribution is 2.32. The molecule has 0 spiro atoms. The van der Waals surface area contributed by atoms with Gasteiger partial charge in [0.2, 0.25) is 0 Å². The lowest BCUT2D eigenvalue weighted by Crippen LogP contribution is -2.34. The van der Waals surface area contributed by atoms with Crippen molar-refractivity contribution in [1.82, 2.24) is 5.32 Å². The predicted octanol–water partition coefficient (Wildman–Crippen LogP) is 1.60. The Hall–Kier alpha value is -1.56. The average molecular weight is 259 g/mol. The first-order valence-corrected chi connectivity index (χ1v) is 5.60. The molecule has 2 rings (SSSR count). The standard InChI is InChI=1S/C12H12F3NO2/c13-7-3-8(14)11(9(15)4-7)12(18)16-5-10(17)6-1-2-6/h3-4,6,10,17H,1-2,5H2,(H,16,18). The molecular formula is C12H12F3NO2. The predicted molar refractivity (Wildman–Crippen MR) is 57.4 cm³/mol. The smallest absolute Gasteiger partial charge is 0.257 e. The molecule has 1 unspecified atom stereocenters. The van der Waals surface area contributed by atoms with Crippen LogP contribution in [0.3, 0.4) is 0 Å². The number of carbonyl (C=O) groups is 1. The quantitative estimate of drug-likeness (QED) is 0.863. The van der Waals surface area contributed by atoms with E-state index in [0.29, 0.717) is 12.1 Å². The second kappa shape index (κ2) is 4.97. The SMILES string of the molecule is O=C(NCC(O)C1CC1)c1c(F)cc(F)cc1F. The highest BCUT2D eigenvalue weighted by molar-refractivity contribution is 5.94. The Bertz CT molecular complexity index is 451. The van der Waals surface area contributed by atoms with E-state index in [1.165, 1.54) is 0 Å². The second-order valence-corrected chi connectivity index (χ2v) is 4.36. The molecule has 2 N–H and O–H groups in total. The summed E-state index contributed by atoms with van der Waals surface area (Å²) in [5, 5.41) is 11.7. The fourth-order valence-corrected chi connectivity index (χ4v) is 1.69. The summed E-state index contributed by atoms with van der Waals surface area (Å²) in [6, 6.07) is 0.880. The molecule has 0 bridgehead atoms. The summed E-state index contributed by atoms with van der Waals surface area (Å²) in [5.74, 6) is -4.45. The minimum Gasteiger partial charge on any atom is -0.391 e. The van der Waals surface area contributed by atoms with Gasteiger partial charge in [-0.2, -0.15) is 0 Å². The maximum Gasteiger partial charge on any atom is 0.257 e. The van der Waals surface area contributed by atoms with Crippen molar-refractivity contribution >= 4 is 5.91 Å². The molecule has 1 aliphatic carbocycles. The van der Waals surface area contributed by atoms with Crippen LogP contribution >= 0.6 is 0 Å². The number of benzene rings is 1. The highest BCUT2D eigenvalue weighted by atomic mass is 19.1. The molecule has 18 heavy (non-hydrogen) atoms. The van der Waals surface area contributed by atoms with E-state index in [1.807, 2.05) is 0 Å². The van der Waals surface area contributed by atoms with Gasteiger partial charge in [0.15, 0.2) is 0 Å². The summed E-state index contributed by atoms with van der Waals surface area (Å²) in [5.41, 5.74) is -0.834. The summed E-state index contributed by atoms with van der Waals surface area (Å²) in [6.45, 7) is -0.0697. The molecule has 1 amide bonds. The van der Waals surface area contributed by atoms with Gasteiger partial charge in [-0.1, -0.05) is 0 Å². The third kappa shape index (κ3) is 2.81. The van der Waals surface area contributed by atoms with Gasteiger partial charge in [0.25, 0.3) is 5.91 Å². The van der Waals surface area contributed by atoms with Gasteiger partial charge in [-0.15, -0.1) is 0 Å². The zero-order valence-corrected chi connectivity index (χ0v) is 9.42. The van der Waals surface area contributed by atoms with Crippen LogP contribution in [0.15, 0.2) is 12.1 Å². The minimum atomic E-state index is -1.26. The lowest BCUT2D eigenvalue weighted by Gasteiger charge is -2.11. The van der Waals surface area contributed by atoms with Crippen molar-refractivity contribution in [3.8, 4) is 0 Å². The molecule has 98 valence electrons. The molecule has 1 aliphatic rings. The van der Waals surface area contributed by atoms with Gasteiger partial charge in [-0.25, -0.2) is 13.2 Å². The number of aliphatic hydroxyl groups excluding tert-OH is 1. The fourth-order valence-electron chi connectivity index (χ4n) is 1.69. The van der Waals surface area contributed by atoms with E-state index in [0.717, 1.165) is 12.8 Å². The maximum atomic E-state index is 13.3. The van der Waals surface area contributed by atoms with Crippen molar-refractivity contribution in [1.29, 1.82) is 0 Å². The Balaban J connectivity index is 2.04. The van der Waals surface area contributed by atoms with Gasteiger partial charge < -0.3 is 10.4 Å². The number of carbonyl (C=O) groups excluding carboxylic acids is 1. The van der Waals surface area contributed by atoms with Gasteiger partial charge in [0.1, 0.15) is 23.0 Å². The Morgan fingerprint density at radius 3 is 2.39 bits per heavy atom. The lowest BCUT2D eigenvalue weighted by atomic mass is 10.1. The summed E-state index contributed by atoms with van der Waals surface area (Å²) in [6.07, 6.45) is 1.06. The zero-order chi connectivity index (χ0) is 13.3. The number of nitrogens with one attached hydrogen (secondary N) is 1. The first-order valence-electron chi connectivity index (χ1n) is 5.60. The van der Waals surface area contributed by atoms with Gasteiger partial charge in [-0.3, -0.25) is 4.79 Å². The number of hydrogen-bond acceptors (Lipinski definition) is 2. The Kier molecular flexibility index (Phi) is 3.56. The molecule has 0 saturated heterocycles. The molecule has 1 aromatic rings. The van der Waals surface area contributed by atoms with Crippen molar-refractivity contribution in [3.63, 3.8) is 0 Å². The Morgan fingerprint density at radius 2 is 1.89 bits per heavy atom. The van der Waals surface area contributed by atoms with Crippen molar-refractivity contribution in [2.24, 2.45) is 5.92 Å². The van der Waals surface area contributed by atoms with Crippen LogP contribution in [0.25, 0.3) is 0 Å². The molecule has 0 radical (unpaired) electrons. The van der Waals surface area contributed by atoms with Crippen LogP contribution in [0.1, 0.15) is 23.2 Å². The zero-order valence-electron chi connectivity index (χ0n) is 9.42. The number of halogens is 3. The summed E-state index contributed by atoms with van der Waals surface area (Å²) >= 11 is 0. The molecule has 1 aromatic carbocycles. The highest BCUT2D eigenvalue weighted by Gasteiger charge is 2.30. The van der Waals surface area contributed by atoms with E-state index in [-0.39, 0.29) is 12.5 Å². The van der Waals surface area contributed by atoms with E-state index < -0.39 is 35.0 Å². The second-order valence-electron chi connectivity index (χ2n) is 4.36. The van der Waals surface area contributed by atoms with Crippen LogP contribution < -0.4 is 5.32 Å². The lowest BCUT2D eigenvalue weighted by molar-refractivity contribution is 0.0892. The van der Waals surface area contributed by atoms with Crippen LogP contribution in [0.4, 0.5) is 13.2 Å². The van der Waals surface area contributed by atoms with Gasteiger partial charge >= 0.3 is 0 Å². The molecule has 0 aliphatic heterocycles. The topological polar surface area (TPSA) is 49.3 Å². The van der Waals surface area contributed by atoms with Crippen LogP contribution in [0.2, 0.25) is 0 Å². The molecule has 1 fully saturated rings. The van der Waals surface area contributed by atoms with Crippen LogP contribution in [0.5, 0.6) is 0 Å². The minimum absolute atomic E-state index is 0.0697. The van der Waals surface area contributed by atoms with E-state index >= 15 is 0 Å². The van der Waals surface area contributed by atoms with E-state index in [1.54, 1.807) is 0 Å². The number of aliphatic hydroxyl groups is 1.